The van der Waals surface area contributed by atoms with Gasteiger partial charge < -0.3 is 4.74 Å². The molecule has 1 nitrogen and oxygen atoms in total. The summed E-state index contributed by atoms with van der Waals surface area (Å²) in [7, 11) is 0. The number of hydrogen-bond acceptors (Lipinski definition) is 1. The van der Waals surface area contributed by atoms with Crippen molar-refractivity contribution >= 4 is 0 Å². The van der Waals surface area contributed by atoms with Gasteiger partial charge in [0.25, 0.3) is 0 Å². The van der Waals surface area contributed by atoms with Gasteiger partial charge in [0.2, 0.25) is 0 Å². The Labute approximate surface area is 282 Å². The zero-order valence-corrected chi connectivity index (χ0v) is 32.2. The van der Waals surface area contributed by atoms with E-state index in [-0.39, 0.29) is 14.9 Å². The summed E-state index contributed by atoms with van der Waals surface area (Å²) in [6, 6.07) is 0. The predicted octanol–water partition coefficient (Wildman–Crippen LogP) is 14.8. The molecule has 0 N–H and O–H groups in total. The van der Waals surface area contributed by atoms with Gasteiger partial charge in [-0.05, 0) is 109 Å². The molecule has 1 aliphatic heterocycles. The molecule has 0 unspecified atom stereocenters. The third-order valence-electron chi connectivity index (χ3n) is 14.4. The van der Waals surface area contributed by atoms with Gasteiger partial charge in [0, 0.05) is 12.0 Å². The molecule has 0 aromatic carbocycles. The fourth-order valence-electron chi connectivity index (χ4n) is 9.84. The zero-order chi connectivity index (χ0) is 32.5. The van der Waals surface area contributed by atoms with Gasteiger partial charge in [-0.15, -0.1) is 0 Å². The topological polar surface area (TPSA) is 9.23 Å². The van der Waals surface area contributed by atoms with Gasteiger partial charge in [-0.2, -0.15) is 0 Å². The fraction of sp³-hybridized carbons (Fsp3) is 1.00. The Balaban J connectivity index is 0. The monoisotopic (exact) mass is 623 g/mol. The minimum atomic E-state index is 0. The molecule has 4 aliphatic rings. The molecule has 0 aromatic heterocycles. The van der Waals surface area contributed by atoms with Crippen LogP contribution in [0.15, 0.2) is 0 Å². The summed E-state index contributed by atoms with van der Waals surface area (Å²) in [6.45, 7) is 39.8. The van der Waals surface area contributed by atoms with E-state index >= 15 is 0 Å². The van der Waals surface area contributed by atoms with Crippen LogP contribution in [-0.4, -0.2) is 13.2 Å². The first-order valence-electron chi connectivity index (χ1n) is 19.0. The fourth-order valence-corrected chi connectivity index (χ4v) is 9.84. The SMILES string of the molecule is C.C.CC(C)C1(C(C)C)CCC1.CC(C)C1(C(C)C)CCC1.CC(C)C1(C(C)C)CCCC1.CC(C)C1(C(C)C)CCOC1. The van der Waals surface area contributed by atoms with Crippen LogP contribution in [0.2, 0.25) is 0 Å². The number of hydrogen-bond donors (Lipinski definition) is 0. The maximum atomic E-state index is 5.48. The van der Waals surface area contributed by atoms with Crippen LogP contribution in [0.1, 0.15) is 196 Å². The van der Waals surface area contributed by atoms with Crippen molar-refractivity contribution in [1.82, 2.24) is 0 Å². The molecule has 1 saturated heterocycles. The third-order valence-corrected chi connectivity index (χ3v) is 14.4. The molecular weight excluding hydrogens is 532 g/mol. The molecule has 0 aromatic rings. The lowest BCUT2D eigenvalue weighted by Crippen LogP contribution is -2.39. The largest absolute Gasteiger partial charge is 0.381 e. The molecule has 0 radical (unpaired) electrons. The molecule has 4 fully saturated rings. The van der Waals surface area contributed by atoms with Crippen LogP contribution < -0.4 is 0 Å². The minimum absolute atomic E-state index is 0. The highest BCUT2D eigenvalue weighted by molar-refractivity contribution is 4.93. The van der Waals surface area contributed by atoms with E-state index in [0.717, 1.165) is 71.4 Å². The predicted molar refractivity (Wildman–Crippen MR) is 204 cm³/mol. The Morgan fingerprint density at radius 1 is 0.318 bits per heavy atom. The second kappa shape index (κ2) is 19.7. The lowest BCUT2D eigenvalue weighted by molar-refractivity contribution is 0.0135. The molecule has 268 valence electrons. The lowest BCUT2D eigenvalue weighted by atomic mass is 9.56. The van der Waals surface area contributed by atoms with Crippen LogP contribution in [0.25, 0.3) is 0 Å². The molecule has 0 atom stereocenters. The van der Waals surface area contributed by atoms with Crippen molar-refractivity contribution in [2.75, 3.05) is 13.2 Å². The maximum Gasteiger partial charge on any atom is 0.0528 e. The number of rotatable bonds is 8. The smallest absolute Gasteiger partial charge is 0.0528 e. The summed E-state index contributed by atoms with van der Waals surface area (Å²) in [4.78, 5) is 0. The van der Waals surface area contributed by atoms with Gasteiger partial charge in [0.1, 0.15) is 0 Å². The Kier molecular flexibility index (Phi) is 20.6. The molecule has 3 aliphatic carbocycles. The summed E-state index contributed by atoms with van der Waals surface area (Å²) >= 11 is 0. The van der Waals surface area contributed by atoms with E-state index in [1.807, 2.05) is 0 Å². The van der Waals surface area contributed by atoms with Crippen LogP contribution in [-0.2, 0) is 4.74 Å². The highest BCUT2D eigenvalue weighted by Gasteiger charge is 2.43. The lowest BCUT2D eigenvalue weighted by Gasteiger charge is -2.49. The van der Waals surface area contributed by atoms with Crippen LogP contribution in [0, 0.1) is 69.0 Å². The molecule has 44 heavy (non-hydrogen) atoms. The van der Waals surface area contributed by atoms with Gasteiger partial charge in [-0.25, -0.2) is 0 Å². The van der Waals surface area contributed by atoms with Crippen LogP contribution in [0.4, 0.5) is 0 Å². The Morgan fingerprint density at radius 2 is 0.545 bits per heavy atom. The van der Waals surface area contributed by atoms with Gasteiger partial charge in [-0.3, -0.25) is 0 Å². The summed E-state index contributed by atoms with van der Waals surface area (Å²) in [6.07, 6.45) is 16.0. The second-order valence-electron chi connectivity index (χ2n) is 17.9. The van der Waals surface area contributed by atoms with Crippen molar-refractivity contribution in [2.24, 2.45) is 69.0 Å². The van der Waals surface area contributed by atoms with E-state index in [1.54, 1.807) is 0 Å². The van der Waals surface area contributed by atoms with E-state index in [1.165, 1.54) is 70.6 Å². The van der Waals surface area contributed by atoms with Crippen molar-refractivity contribution in [2.45, 2.75) is 196 Å². The summed E-state index contributed by atoms with van der Waals surface area (Å²) in [5, 5.41) is 0. The van der Waals surface area contributed by atoms with Crippen molar-refractivity contribution < 1.29 is 4.74 Å². The molecule has 1 heteroatoms. The third kappa shape index (κ3) is 10.5. The van der Waals surface area contributed by atoms with E-state index in [2.05, 4.69) is 111 Å². The molecular formula is C43H90O. The van der Waals surface area contributed by atoms with Gasteiger partial charge in [0.15, 0.2) is 0 Å². The first-order chi connectivity index (χ1) is 19.4. The second-order valence-corrected chi connectivity index (χ2v) is 17.9. The van der Waals surface area contributed by atoms with E-state index in [4.69, 9.17) is 4.74 Å². The average Bonchev–Trinajstić information content (AvgIpc) is 3.49. The Bertz CT molecular complexity index is 599. The zero-order valence-electron chi connectivity index (χ0n) is 32.2. The molecule has 4 rings (SSSR count). The summed E-state index contributed by atoms with van der Waals surface area (Å²) < 4.78 is 5.48. The first-order valence-corrected chi connectivity index (χ1v) is 19.0. The van der Waals surface area contributed by atoms with Crippen LogP contribution in [0.5, 0.6) is 0 Å². The molecule has 3 saturated carbocycles. The summed E-state index contributed by atoms with van der Waals surface area (Å²) in [5.74, 6) is 6.83. The van der Waals surface area contributed by atoms with Crippen molar-refractivity contribution in [3.8, 4) is 0 Å². The van der Waals surface area contributed by atoms with Gasteiger partial charge in [-0.1, -0.05) is 151 Å². The van der Waals surface area contributed by atoms with Gasteiger partial charge >= 0.3 is 0 Å². The molecule has 0 bridgehead atoms. The molecule has 0 spiro atoms. The minimum Gasteiger partial charge on any atom is -0.381 e. The van der Waals surface area contributed by atoms with Crippen molar-refractivity contribution in [3.05, 3.63) is 0 Å². The Morgan fingerprint density at radius 3 is 0.636 bits per heavy atom. The molecule has 0 amide bonds. The van der Waals surface area contributed by atoms with E-state index in [0.29, 0.717) is 10.8 Å². The average molecular weight is 623 g/mol. The highest BCUT2D eigenvalue weighted by Crippen LogP contribution is 2.53. The van der Waals surface area contributed by atoms with Crippen LogP contribution in [0.3, 0.4) is 0 Å². The number of ether oxygens (including phenoxy) is 1. The normalized spacial score (nSPS) is 22.4. The van der Waals surface area contributed by atoms with Crippen molar-refractivity contribution in [3.63, 3.8) is 0 Å². The quantitative estimate of drug-likeness (QED) is 0.262. The van der Waals surface area contributed by atoms with Crippen LogP contribution >= 0.6 is 0 Å². The van der Waals surface area contributed by atoms with Crippen molar-refractivity contribution in [1.29, 1.82) is 0 Å². The highest BCUT2D eigenvalue weighted by atomic mass is 16.5. The van der Waals surface area contributed by atoms with E-state index < -0.39 is 0 Å². The van der Waals surface area contributed by atoms with Gasteiger partial charge in [0.05, 0.1) is 6.61 Å². The maximum absolute atomic E-state index is 5.48. The first kappa shape index (κ1) is 46.1. The molecule has 1 heterocycles. The Hall–Kier alpha value is -0.0400. The van der Waals surface area contributed by atoms with E-state index in [9.17, 15) is 0 Å². The standard InChI is InChI=1S/C11H22.C10H20O.2C10H20.2CH4/c1-9(2)11(10(3)4)7-5-6-8-11;1-8(2)10(9(3)4)5-6-11-7-10;2*1-8(2)10(9(3)4)6-5-7-10;;/h9-10H,5-8H2,1-4H3;8-9H,5-7H2,1-4H3;2*8-9H,5-7H2,1-4H3;2*1H4. The summed E-state index contributed by atoms with van der Waals surface area (Å²) in [5.41, 5.74) is 2.61.